The molecule has 53 valence electrons. The van der Waals surface area contributed by atoms with Crippen molar-refractivity contribution in [2.45, 2.75) is 6.42 Å². The fourth-order valence-electron chi connectivity index (χ4n) is 0.249. The van der Waals surface area contributed by atoms with Gasteiger partial charge in [0.05, 0.1) is 0 Å². The predicted molar refractivity (Wildman–Crippen MR) is 39.0 cm³/mol. The second kappa shape index (κ2) is 16.0. The van der Waals surface area contributed by atoms with Crippen molar-refractivity contribution < 1.29 is 37.5 Å². The standard InChI is InChI=1S/C4H9N2O.H3P.Y/c5-2-1-3-6-4-7;;/h4-5H,1-3H2,(H,6,7);1H3;/q-1;;. The van der Waals surface area contributed by atoms with Gasteiger partial charge in [-0.1, -0.05) is 6.42 Å². The summed E-state index contributed by atoms with van der Waals surface area (Å²) in [5.74, 6) is 0. The molecule has 0 aromatic carbocycles. The van der Waals surface area contributed by atoms with E-state index in [9.17, 15) is 4.79 Å². The van der Waals surface area contributed by atoms with Crippen LogP contribution in [0.2, 0.25) is 0 Å². The molecule has 0 saturated heterocycles. The Bertz CT molecular complexity index is 55.8. The molecule has 0 fully saturated rings. The third-order valence-electron chi connectivity index (χ3n) is 0.581. The van der Waals surface area contributed by atoms with Gasteiger partial charge < -0.3 is 11.1 Å². The van der Waals surface area contributed by atoms with E-state index in [-0.39, 0.29) is 42.6 Å². The van der Waals surface area contributed by atoms with E-state index >= 15 is 0 Å². The number of nitrogens with one attached hydrogen (secondary N) is 2. The Morgan fingerprint density at radius 2 is 2.11 bits per heavy atom. The molecule has 3 nitrogen and oxygen atoms in total. The van der Waals surface area contributed by atoms with E-state index in [4.69, 9.17) is 5.73 Å². The number of carbonyl (C=O) groups is 1. The summed E-state index contributed by atoms with van der Waals surface area (Å²) in [5.41, 5.74) is 6.63. The smallest absolute Gasteiger partial charge is 0.207 e. The zero-order valence-corrected chi connectivity index (χ0v) is 9.64. The molecule has 1 atom stereocenters. The average molecular weight is 224 g/mol. The van der Waals surface area contributed by atoms with Crippen LogP contribution in [0.25, 0.3) is 5.73 Å². The normalized spacial score (nSPS) is 6.33. The van der Waals surface area contributed by atoms with E-state index in [1.165, 1.54) is 0 Å². The quantitative estimate of drug-likeness (QED) is 0.414. The van der Waals surface area contributed by atoms with Gasteiger partial charge >= 0.3 is 0 Å². The van der Waals surface area contributed by atoms with E-state index in [2.05, 4.69) is 5.32 Å². The van der Waals surface area contributed by atoms with Gasteiger partial charge in [-0.3, -0.25) is 4.79 Å². The maximum absolute atomic E-state index is 9.51. The van der Waals surface area contributed by atoms with Crippen molar-refractivity contribution in [3.8, 4) is 0 Å². The van der Waals surface area contributed by atoms with Crippen LogP contribution in [0.4, 0.5) is 0 Å². The molecule has 1 amide bonds. The van der Waals surface area contributed by atoms with Crippen molar-refractivity contribution in [1.29, 1.82) is 0 Å². The molecule has 0 saturated carbocycles. The van der Waals surface area contributed by atoms with Gasteiger partial charge in [-0.15, -0.1) is 6.54 Å². The Morgan fingerprint density at radius 1 is 1.56 bits per heavy atom. The number of hydrogen-bond acceptors (Lipinski definition) is 1. The Hall–Kier alpha value is 0.964. The largest absolute Gasteiger partial charge is 0.677 e. The minimum absolute atomic E-state index is 0. The van der Waals surface area contributed by atoms with E-state index in [1.54, 1.807) is 0 Å². The Balaban J connectivity index is -0.000000180. The molecular weight excluding hydrogens is 212 g/mol. The maximum Gasteiger partial charge on any atom is 0.207 e. The SMILES string of the molecule is P.[NH-]CCCNC=O.[Y]. The van der Waals surface area contributed by atoms with Crippen molar-refractivity contribution >= 4 is 16.3 Å². The summed E-state index contributed by atoms with van der Waals surface area (Å²) in [4.78, 5) is 9.51. The van der Waals surface area contributed by atoms with Crippen LogP contribution in [0.5, 0.6) is 0 Å². The number of hydrogen-bond donors (Lipinski definition) is 1. The van der Waals surface area contributed by atoms with Crippen LogP contribution in [0, 0.1) is 0 Å². The summed E-state index contributed by atoms with van der Waals surface area (Å²) < 4.78 is 0. The minimum Gasteiger partial charge on any atom is -0.677 e. The van der Waals surface area contributed by atoms with E-state index < -0.39 is 0 Å². The molecule has 0 aromatic rings. The first kappa shape index (κ1) is 16.5. The first-order valence-electron chi connectivity index (χ1n) is 2.23. The zero-order chi connectivity index (χ0) is 5.54. The van der Waals surface area contributed by atoms with Crippen LogP contribution in [-0.4, -0.2) is 19.5 Å². The summed E-state index contributed by atoms with van der Waals surface area (Å²) in [6.07, 6.45) is 1.40. The molecule has 0 aliphatic heterocycles. The molecule has 0 rings (SSSR count). The molecule has 1 unspecified atom stereocenters. The van der Waals surface area contributed by atoms with Gasteiger partial charge in [0, 0.05) is 39.3 Å². The van der Waals surface area contributed by atoms with Crippen molar-refractivity contribution in [2.24, 2.45) is 0 Å². The molecule has 0 aromatic heterocycles. The maximum atomic E-state index is 9.51. The first-order valence-corrected chi connectivity index (χ1v) is 2.23. The number of amides is 1. The molecule has 0 bridgehead atoms. The van der Waals surface area contributed by atoms with E-state index in [1.807, 2.05) is 0 Å². The van der Waals surface area contributed by atoms with E-state index in [0.717, 1.165) is 6.42 Å². The summed E-state index contributed by atoms with van der Waals surface area (Å²) in [5, 5.41) is 2.45. The molecule has 0 aliphatic rings. The summed E-state index contributed by atoms with van der Waals surface area (Å²) in [6, 6.07) is 0. The Kier molecular flexibility index (Phi) is 29.3. The third-order valence-corrected chi connectivity index (χ3v) is 0.581. The van der Waals surface area contributed by atoms with Gasteiger partial charge in [0.1, 0.15) is 0 Å². The molecule has 1 radical (unpaired) electrons. The summed E-state index contributed by atoms with van der Waals surface area (Å²) in [7, 11) is 0. The predicted octanol–water partition coefficient (Wildman–Crippen LogP) is 0.230. The van der Waals surface area contributed by atoms with Gasteiger partial charge in [0.25, 0.3) is 0 Å². The fourth-order valence-corrected chi connectivity index (χ4v) is 0.249. The Morgan fingerprint density at radius 3 is 2.44 bits per heavy atom. The van der Waals surface area contributed by atoms with Crippen LogP contribution in [0.1, 0.15) is 6.42 Å². The molecule has 9 heavy (non-hydrogen) atoms. The van der Waals surface area contributed by atoms with Crippen molar-refractivity contribution in [3.05, 3.63) is 5.73 Å². The molecule has 0 spiro atoms. The van der Waals surface area contributed by atoms with Crippen LogP contribution in [0.3, 0.4) is 0 Å². The fraction of sp³-hybridized carbons (Fsp3) is 0.750. The van der Waals surface area contributed by atoms with Crippen LogP contribution < -0.4 is 5.32 Å². The topological polar surface area (TPSA) is 52.9 Å². The number of rotatable bonds is 4. The monoisotopic (exact) mass is 224 g/mol. The first-order chi connectivity index (χ1) is 3.41. The summed E-state index contributed by atoms with van der Waals surface area (Å²) in [6.45, 7) is 1.02. The molecular formula is C4H12N2OPY-. The van der Waals surface area contributed by atoms with Crippen LogP contribution >= 0.6 is 9.90 Å². The van der Waals surface area contributed by atoms with Gasteiger partial charge in [-0.2, -0.15) is 9.90 Å². The third kappa shape index (κ3) is 17.6. The minimum atomic E-state index is 0. The van der Waals surface area contributed by atoms with Gasteiger partial charge in [-0.05, 0) is 0 Å². The second-order valence-electron chi connectivity index (χ2n) is 1.18. The van der Waals surface area contributed by atoms with Crippen molar-refractivity contribution in [2.75, 3.05) is 13.1 Å². The van der Waals surface area contributed by atoms with Gasteiger partial charge in [0.15, 0.2) is 0 Å². The summed E-state index contributed by atoms with van der Waals surface area (Å²) >= 11 is 0. The molecule has 0 aliphatic carbocycles. The average Bonchev–Trinajstić information content (AvgIpc) is 1.69. The Labute approximate surface area is 84.0 Å². The van der Waals surface area contributed by atoms with Gasteiger partial charge in [0.2, 0.25) is 6.41 Å². The molecule has 5 heteroatoms. The van der Waals surface area contributed by atoms with Crippen molar-refractivity contribution in [1.82, 2.24) is 5.32 Å². The van der Waals surface area contributed by atoms with Crippen molar-refractivity contribution in [3.63, 3.8) is 0 Å². The number of carbonyl (C=O) groups excluding carboxylic acids is 1. The van der Waals surface area contributed by atoms with E-state index in [0.29, 0.717) is 19.5 Å². The second-order valence-corrected chi connectivity index (χ2v) is 1.18. The zero-order valence-electron chi connectivity index (χ0n) is 5.39. The van der Waals surface area contributed by atoms with Crippen LogP contribution in [0.15, 0.2) is 0 Å². The van der Waals surface area contributed by atoms with Crippen LogP contribution in [-0.2, 0) is 37.5 Å². The molecule has 2 N–H and O–H groups in total. The molecule has 0 heterocycles. The van der Waals surface area contributed by atoms with Gasteiger partial charge in [-0.25, -0.2) is 0 Å².